The minimum Gasteiger partial charge on any atom is -0.507 e. The number of phenols is 1. The Morgan fingerprint density at radius 1 is 1.03 bits per heavy atom. The molecule has 0 amide bonds. The maximum atomic E-state index is 14.9. The molecule has 2 aromatic carbocycles. The third kappa shape index (κ3) is 3.82. The van der Waals surface area contributed by atoms with Crippen molar-refractivity contribution in [3.8, 4) is 33.7 Å². The highest BCUT2D eigenvalue weighted by molar-refractivity contribution is 6.32. The van der Waals surface area contributed by atoms with Crippen molar-refractivity contribution in [2.45, 2.75) is 32.3 Å². The Bertz CT molecular complexity index is 1650. The van der Waals surface area contributed by atoms with E-state index in [4.69, 9.17) is 11.6 Å². The molecule has 0 bridgehead atoms. The number of phenolic OH excluding ortho intramolecular Hbond substituents is 1. The number of rotatable bonds is 4. The maximum Gasteiger partial charge on any atom is 0.332 e. The predicted octanol–water partition coefficient (Wildman–Crippen LogP) is 5.06. The lowest BCUT2D eigenvalue weighted by molar-refractivity contribution is 0.0244. The molecule has 7 nitrogen and oxygen atoms in total. The number of halogens is 2. The van der Waals surface area contributed by atoms with Crippen LogP contribution in [0.2, 0.25) is 5.02 Å². The van der Waals surface area contributed by atoms with Crippen molar-refractivity contribution >= 4 is 17.3 Å². The number of aromatic nitrogens is 3. The van der Waals surface area contributed by atoms with Crippen molar-refractivity contribution in [2.24, 2.45) is 12.5 Å². The van der Waals surface area contributed by atoms with E-state index in [0.717, 1.165) is 30.8 Å². The number of aryl methyl sites for hydroxylation is 2. The summed E-state index contributed by atoms with van der Waals surface area (Å²) in [6, 6.07) is 9.42. The van der Waals surface area contributed by atoms with Gasteiger partial charge in [0.2, 0.25) is 0 Å². The molecule has 1 unspecified atom stereocenters. The van der Waals surface area contributed by atoms with Gasteiger partial charge in [0, 0.05) is 60.8 Å². The van der Waals surface area contributed by atoms with Crippen molar-refractivity contribution in [1.29, 1.82) is 0 Å². The standard InChI is InChI=1S/C29H28ClFN4O3/c1-17-25(34-15-28(2,38)29(16-34)6-7-29)11-19(14-32-17)22-13-20(31)12-21(26(22)36)18-4-5-24(23(30)10-18)35-9-8-33(3)27(35)37/h4-5,8-14,36,38H,6-7,15-16H2,1-3H3. The minimum absolute atomic E-state index is 0.0834. The average molecular weight is 535 g/mol. The summed E-state index contributed by atoms with van der Waals surface area (Å²) < 4.78 is 17.8. The van der Waals surface area contributed by atoms with E-state index in [0.29, 0.717) is 28.9 Å². The number of imidazole rings is 1. The van der Waals surface area contributed by atoms with Gasteiger partial charge in [-0.2, -0.15) is 0 Å². The molecule has 2 aliphatic rings. The number of pyridine rings is 1. The summed E-state index contributed by atoms with van der Waals surface area (Å²) in [6.45, 7) is 5.03. The van der Waals surface area contributed by atoms with Crippen LogP contribution in [0.25, 0.3) is 27.9 Å². The molecule has 0 radical (unpaired) electrons. The summed E-state index contributed by atoms with van der Waals surface area (Å²) >= 11 is 6.53. The number of hydrogen-bond acceptors (Lipinski definition) is 5. The van der Waals surface area contributed by atoms with E-state index in [9.17, 15) is 19.4 Å². The second-order valence-electron chi connectivity index (χ2n) is 10.8. The highest BCUT2D eigenvalue weighted by Crippen LogP contribution is 2.59. The SMILES string of the molecule is Cc1ncc(-c2cc(F)cc(-c3ccc(-n4ccn(C)c4=O)c(Cl)c3)c2O)cc1N1CC(C)(O)C2(CC2)C1. The molecule has 1 atom stereocenters. The number of β-amino-alcohol motifs (C(OH)–C–C–N with tert-alkyl or cyclic N) is 1. The number of anilines is 1. The number of benzene rings is 2. The highest BCUT2D eigenvalue weighted by atomic mass is 35.5. The molecule has 38 heavy (non-hydrogen) atoms. The lowest BCUT2D eigenvalue weighted by Gasteiger charge is -2.24. The molecule has 196 valence electrons. The summed E-state index contributed by atoms with van der Waals surface area (Å²) in [5.41, 5.74) is 2.70. The summed E-state index contributed by atoms with van der Waals surface area (Å²) in [7, 11) is 1.65. The molecule has 2 fully saturated rings. The van der Waals surface area contributed by atoms with Gasteiger partial charge in [0.05, 0.1) is 27.7 Å². The normalized spacial score (nSPS) is 19.9. The van der Waals surface area contributed by atoms with Gasteiger partial charge in [-0.05, 0) is 62.6 Å². The fraction of sp³-hybridized carbons (Fsp3) is 0.310. The maximum absolute atomic E-state index is 14.9. The summed E-state index contributed by atoms with van der Waals surface area (Å²) in [5.74, 6) is -0.619. The molecular weight excluding hydrogens is 507 g/mol. The Labute approximate surface area is 224 Å². The second-order valence-corrected chi connectivity index (χ2v) is 11.2. The van der Waals surface area contributed by atoms with Crippen LogP contribution in [-0.4, -0.2) is 43.0 Å². The molecule has 3 heterocycles. The molecule has 1 spiro atoms. The van der Waals surface area contributed by atoms with Crippen LogP contribution in [0.5, 0.6) is 5.75 Å². The molecular formula is C29H28ClFN4O3. The van der Waals surface area contributed by atoms with Crippen molar-refractivity contribution in [3.63, 3.8) is 0 Å². The predicted molar refractivity (Wildman–Crippen MR) is 146 cm³/mol. The van der Waals surface area contributed by atoms with Crippen LogP contribution in [0.15, 0.2) is 59.8 Å². The van der Waals surface area contributed by atoms with E-state index in [1.54, 1.807) is 43.8 Å². The zero-order valence-electron chi connectivity index (χ0n) is 21.4. The number of hydrogen-bond donors (Lipinski definition) is 2. The van der Waals surface area contributed by atoms with E-state index in [1.165, 1.54) is 21.3 Å². The Balaban J connectivity index is 1.39. The van der Waals surface area contributed by atoms with Gasteiger partial charge in [0.25, 0.3) is 0 Å². The monoisotopic (exact) mass is 534 g/mol. The minimum atomic E-state index is -0.778. The van der Waals surface area contributed by atoms with Crippen molar-refractivity contribution in [1.82, 2.24) is 14.1 Å². The Hall–Kier alpha value is -3.62. The Kier molecular flexibility index (Phi) is 5.49. The smallest absolute Gasteiger partial charge is 0.332 e. The lowest BCUT2D eigenvalue weighted by atomic mass is 9.90. The van der Waals surface area contributed by atoms with Crippen molar-refractivity contribution in [2.75, 3.05) is 18.0 Å². The van der Waals surface area contributed by atoms with Crippen molar-refractivity contribution < 1.29 is 14.6 Å². The van der Waals surface area contributed by atoms with Crippen LogP contribution in [0, 0.1) is 18.2 Å². The zero-order valence-corrected chi connectivity index (χ0v) is 22.1. The third-order valence-corrected chi connectivity index (χ3v) is 8.54. The van der Waals surface area contributed by atoms with Gasteiger partial charge in [0.15, 0.2) is 0 Å². The van der Waals surface area contributed by atoms with Crippen LogP contribution >= 0.6 is 11.6 Å². The Morgan fingerprint density at radius 2 is 1.74 bits per heavy atom. The molecule has 1 aliphatic heterocycles. The van der Waals surface area contributed by atoms with Gasteiger partial charge in [-0.25, -0.2) is 9.18 Å². The molecule has 1 aliphatic carbocycles. The van der Waals surface area contributed by atoms with Gasteiger partial charge >= 0.3 is 5.69 Å². The first-order chi connectivity index (χ1) is 18.0. The first kappa shape index (κ1) is 24.7. The fourth-order valence-electron chi connectivity index (χ4n) is 5.69. The highest BCUT2D eigenvalue weighted by Gasteiger charge is 2.61. The van der Waals surface area contributed by atoms with Gasteiger partial charge in [-0.1, -0.05) is 17.7 Å². The van der Waals surface area contributed by atoms with E-state index >= 15 is 0 Å². The molecule has 2 aromatic heterocycles. The van der Waals surface area contributed by atoms with Gasteiger partial charge in [0.1, 0.15) is 11.6 Å². The van der Waals surface area contributed by atoms with Gasteiger partial charge < -0.3 is 19.7 Å². The summed E-state index contributed by atoms with van der Waals surface area (Å²) in [5, 5.41) is 22.6. The van der Waals surface area contributed by atoms with E-state index in [-0.39, 0.29) is 27.4 Å². The Morgan fingerprint density at radius 3 is 2.34 bits per heavy atom. The molecule has 9 heteroatoms. The van der Waals surface area contributed by atoms with E-state index < -0.39 is 11.4 Å². The van der Waals surface area contributed by atoms with Crippen LogP contribution in [-0.2, 0) is 7.05 Å². The molecule has 1 saturated carbocycles. The van der Waals surface area contributed by atoms with Crippen LogP contribution < -0.4 is 10.6 Å². The number of aromatic hydroxyl groups is 1. The number of nitrogens with zero attached hydrogens (tertiary/aromatic N) is 4. The topological polar surface area (TPSA) is 83.5 Å². The van der Waals surface area contributed by atoms with Gasteiger partial charge in [-0.3, -0.25) is 9.55 Å². The molecule has 1 saturated heterocycles. The molecule has 2 N–H and O–H groups in total. The third-order valence-electron chi connectivity index (χ3n) is 8.24. The summed E-state index contributed by atoms with van der Waals surface area (Å²) in [6.07, 6.45) is 6.87. The lowest BCUT2D eigenvalue weighted by Crippen LogP contribution is -2.35. The van der Waals surface area contributed by atoms with Crippen LogP contribution in [0.4, 0.5) is 10.1 Å². The average Bonchev–Trinajstić information content (AvgIpc) is 3.53. The molecule has 6 rings (SSSR count). The van der Waals surface area contributed by atoms with Crippen LogP contribution in [0.3, 0.4) is 0 Å². The first-order valence-corrected chi connectivity index (χ1v) is 12.9. The van der Waals surface area contributed by atoms with Crippen LogP contribution in [0.1, 0.15) is 25.5 Å². The zero-order chi connectivity index (χ0) is 27.0. The van der Waals surface area contributed by atoms with Crippen molar-refractivity contribution in [3.05, 3.63) is 82.0 Å². The first-order valence-electron chi connectivity index (χ1n) is 12.5. The fourth-order valence-corrected chi connectivity index (χ4v) is 5.97. The molecule has 4 aromatic rings. The summed E-state index contributed by atoms with van der Waals surface area (Å²) in [4.78, 5) is 19.0. The largest absolute Gasteiger partial charge is 0.507 e. The number of aliphatic hydroxyl groups is 1. The van der Waals surface area contributed by atoms with E-state index in [2.05, 4.69) is 9.88 Å². The van der Waals surface area contributed by atoms with Gasteiger partial charge in [-0.15, -0.1) is 0 Å². The quantitative estimate of drug-likeness (QED) is 0.382. The van der Waals surface area contributed by atoms with E-state index in [1.807, 2.05) is 19.9 Å². The second kappa shape index (κ2) is 8.44.